The van der Waals surface area contributed by atoms with Gasteiger partial charge in [-0.1, -0.05) is 6.92 Å². The molecule has 0 aromatic carbocycles. The van der Waals surface area contributed by atoms with Crippen LogP contribution in [0.15, 0.2) is 22.9 Å². The van der Waals surface area contributed by atoms with Crippen molar-refractivity contribution < 1.29 is 4.42 Å². The first-order chi connectivity index (χ1) is 7.90. The summed E-state index contributed by atoms with van der Waals surface area (Å²) in [4.78, 5) is 0. The molecule has 0 atom stereocenters. The van der Waals surface area contributed by atoms with Crippen LogP contribution >= 0.6 is 0 Å². The summed E-state index contributed by atoms with van der Waals surface area (Å²) in [5.74, 6) is 1.06. The largest absolute Gasteiger partial charge is 0.419 e. The average Bonchev–Trinajstić information content (AvgIpc) is 2.79. The van der Waals surface area contributed by atoms with E-state index < -0.39 is 0 Å². The monoisotopic (exact) mass is 219 g/mol. The Morgan fingerprint density at radius 3 is 3.00 bits per heavy atom. The smallest absolute Gasteiger partial charge is 0.249 e. The zero-order valence-corrected chi connectivity index (χ0v) is 9.05. The normalized spacial score (nSPS) is 10.6. The van der Waals surface area contributed by atoms with Crippen molar-refractivity contribution in [2.75, 3.05) is 6.54 Å². The Morgan fingerprint density at radius 1 is 1.31 bits per heavy atom. The van der Waals surface area contributed by atoms with Gasteiger partial charge in [0.1, 0.15) is 0 Å². The summed E-state index contributed by atoms with van der Waals surface area (Å²) in [5, 5.41) is 18.5. The van der Waals surface area contributed by atoms with Crippen LogP contribution in [-0.2, 0) is 6.54 Å². The van der Waals surface area contributed by atoms with Gasteiger partial charge >= 0.3 is 0 Å². The van der Waals surface area contributed by atoms with Crippen LogP contribution in [-0.4, -0.2) is 26.9 Å². The first kappa shape index (κ1) is 10.7. The Morgan fingerprint density at radius 2 is 2.25 bits per heavy atom. The van der Waals surface area contributed by atoms with Gasteiger partial charge in [-0.05, 0) is 19.0 Å². The topological polar surface area (TPSA) is 76.7 Å². The van der Waals surface area contributed by atoms with Crippen LogP contribution in [0.3, 0.4) is 0 Å². The standard InChI is InChI=1S/C10H13N5O/c1-2-4-11-7-9-14-15-10(16-9)8-3-5-12-13-6-8/h3,5-6,11H,2,4,7H2,1H3. The zero-order chi connectivity index (χ0) is 11.2. The highest BCUT2D eigenvalue weighted by atomic mass is 16.4. The number of nitrogens with one attached hydrogen (secondary N) is 1. The SMILES string of the molecule is CCCNCc1nnc(-c2ccnnc2)o1. The molecule has 0 aliphatic rings. The summed E-state index contributed by atoms with van der Waals surface area (Å²) < 4.78 is 5.46. The van der Waals surface area contributed by atoms with E-state index in [9.17, 15) is 0 Å². The Balaban J connectivity index is 2.02. The maximum atomic E-state index is 5.46. The summed E-state index contributed by atoms with van der Waals surface area (Å²) in [6.07, 6.45) is 4.26. The summed E-state index contributed by atoms with van der Waals surface area (Å²) >= 11 is 0. The van der Waals surface area contributed by atoms with E-state index in [1.54, 1.807) is 18.5 Å². The number of hydrogen-bond donors (Lipinski definition) is 1. The molecule has 0 fully saturated rings. The van der Waals surface area contributed by atoms with E-state index in [2.05, 4.69) is 32.6 Å². The van der Waals surface area contributed by atoms with Crippen molar-refractivity contribution in [3.8, 4) is 11.5 Å². The first-order valence-electron chi connectivity index (χ1n) is 5.20. The third-order valence-corrected chi connectivity index (χ3v) is 2.00. The Bertz CT molecular complexity index is 428. The van der Waals surface area contributed by atoms with E-state index in [0.29, 0.717) is 18.3 Å². The lowest BCUT2D eigenvalue weighted by Crippen LogP contribution is -2.13. The molecule has 2 heterocycles. The van der Waals surface area contributed by atoms with Crippen molar-refractivity contribution in [3.63, 3.8) is 0 Å². The predicted molar refractivity (Wildman–Crippen MR) is 57.3 cm³/mol. The molecule has 0 saturated carbocycles. The van der Waals surface area contributed by atoms with Gasteiger partial charge in [0.15, 0.2) is 0 Å². The molecule has 0 spiro atoms. The maximum Gasteiger partial charge on any atom is 0.249 e. The molecule has 0 radical (unpaired) electrons. The number of aromatic nitrogens is 4. The molecule has 16 heavy (non-hydrogen) atoms. The van der Waals surface area contributed by atoms with Crippen molar-refractivity contribution in [2.45, 2.75) is 19.9 Å². The second kappa shape index (κ2) is 5.32. The highest BCUT2D eigenvalue weighted by Gasteiger charge is 2.07. The third kappa shape index (κ3) is 2.60. The summed E-state index contributed by atoms with van der Waals surface area (Å²) in [5.41, 5.74) is 0.782. The molecular weight excluding hydrogens is 206 g/mol. The molecule has 0 aliphatic heterocycles. The molecule has 0 amide bonds. The lowest BCUT2D eigenvalue weighted by molar-refractivity contribution is 0.477. The lowest BCUT2D eigenvalue weighted by atomic mass is 10.3. The minimum Gasteiger partial charge on any atom is -0.419 e. The van der Waals surface area contributed by atoms with Crippen molar-refractivity contribution in [3.05, 3.63) is 24.4 Å². The van der Waals surface area contributed by atoms with Gasteiger partial charge in [0.25, 0.3) is 0 Å². The molecule has 6 nitrogen and oxygen atoms in total. The third-order valence-electron chi connectivity index (χ3n) is 2.00. The van der Waals surface area contributed by atoms with Crippen LogP contribution in [0.2, 0.25) is 0 Å². The molecule has 0 aliphatic carbocycles. The fraction of sp³-hybridized carbons (Fsp3) is 0.400. The molecule has 1 N–H and O–H groups in total. The quantitative estimate of drug-likeness (QED) is 0.757. The van der Waals surface area contributed by atoms with Crippen LogP contribution < -0.4 is 5.32 Å². The van der Waals surface area contributed by atoms with Gasteiger partial charge < -0.3 is 9.73 Å². The van der Waals surface area contributed by atoms with E-state index in [0.717, 1.165) is 18.5 Å². The van der Waals surface area contributed by atoms with E-state index in [4.69, 9.17) is 4.42 Å². The van der Waals surface area contributed by atoms with Crippen LogP contribution in [0.4, 0.5) is 0 Å². The van der Waals surface area contributed by atoms with E-state index in [1.165, 1.54) is 0 Å². The van der Waals surface area contributed by atoms with Gasteiger partial charge in [-0.3, -0.25) is 0 Å². The van der Waals surface area contributed by atoms with Gasteiger partial charge in [0.2, 0.25) is 11.8 Å². The molecule has 6 heteroatoms. The van der Waals surface area contributed by atoms with Crippen molar-refractivity contribution in [1.82, 2.24) is 25.7 Å². The minimum atomic E-state index is 0.475. The molecular formula is C10H13N5O. The molecule has 0 unspecified atom stereocenters. The molecule has 2 aromatic heterocycles. The fourth-order valence-corrected chi connectivity index (χ4v) is 1.23. The molecule has 2 rings (SSSR count). The Hall–Kier alpha value is -1.82. The molecule has 0 bridgehead atoms. The van der Waals surface area contributed by atoms with Gasteiger partial charge in [-0.2, -0.15) is 10.2 Å². The zero-order valence-electron chi connectivity index (χ0n) is 9.05. The first-order valence-corrected chi connectivity index (χ1v) is 5.20. The summed E-state index contributed by atoms with van der Waals surface area (Å²) in [7, 11) is 0. The molecule has 0 saturated heterocycles. The number of nitrogens with zero attached hydrogens (tertiary/aromatic N) is 4. The van der Waals surface area contributed by atoms with Crippen molar-refractivity contribution in [2.24, 2.45) is 0 Å². The fourth-order valence-electron chi connectivity index (χ4n) is 1.23. The van der Waals surface area contributed by atoms with Crippen LogP contribution in [0.25, 0.3) is 11.5 Å². The average molecular weight is 219 g/mol. The van der Waals surface area contributed by atoms with E-state index in [1.807, 2.05) is 0 Å². The van der Waals surface area contributed by atoms with E-state index >= 15 is 0 Å². The van der Waals surface area contributed by atoms with Gasteiger partial charge in [0, 0.05) is 0 Å². The minimum absolute atomic E-state index is 0.475. The lowest BCUT2D eigenvalue weighted by Gasteiger charge is -1.96. The second-order valence-corrected chi connectivity index (χ2v) is 3.31. The number of rotatable bonds is 5. The predicted octanol–water partition coefficient (Wildman–Crippen LogP) is 1.03. The Kier molecular flexibility index (Phi) is 3.55. The van der Waals surface area contributed by atoms with Gasteiger partial charge in [-0.15, -0.1) is 10.2 Å². The van der Waals surface area contributed by atoms with Crippen LogP contribution in [0.1, 0.15) is 19.2 Å². The molecule has 2 aromatic rings. The van der Waals surface area contributed by atoms with Crippen LogP contribution in [0.5, 0.6) is 0 Å². The van der Waals surface area contributed by atoms with E-state index in [-0.39, 0.29) is 0 Å². The van der Waals surface area contributed by atoms with Crippen molar-refractivity contribution >= 4 is 0 Å². The highest BCUT2D eigenvalue weighted by Crippen LogP contribution is 2.14. The van der Waals surface area contributed by atoms with Crippen molar-refractivity contribution in [1.29, 1.82) is 0 Å². The molecule has 84 valence electrons. The Labute approximate surface area is 93.1 Å². The number of hydrogen-bond acceptors (Lipinski definition) is 6. The van der Waals surface area contributed by atoms with Gasteiger partial charge in [-0.25, -0.2) is 0 Å². The summed E-state index contributed by atoms with van der Waals surface area (Å²) in [6, 6.07) is 1.78. The van der Waals surface area contributed by atoms with Crippen LogP contribution in [0, 0.1) is 0 Å². The summed E-state index contributed by atoms with van der Waals surface area (Å²) in [6.45, 7) is 3.64. The maximum absolute atomic E-state index is 5.46. The highest BCUT2D eigenvalue weighted by molar-refractivity contribution is 5.49. The second-order valence-electron chi connectivity index (χ2n) is 3.31. The van der Waals surface area contributed by atoms with Gasteiger partial charge in [0.05, 0.1) is 24.5 Å².